The second kappa shape index (κ2) is 4.18. The van der Waals surface area contributed by atoms with Gasteiger partial charge in [-0.25, -0.2) is 9.97 Å². The summed E-state index contributed by atoms with van der Waals surface area (Å²) in [5, 5.41) is 5.88. The topological polar surface area (TPSA) is 101 Å². The molecule has 0 radical (unpaired) electrons. The molecule has 0 unspecified atom stereocenters. The van der Waals surface area contributed by atoms with Crippen LogP contribution in [-0.2, 0) is 10.0 Å². The molecule has 0 aromatic carbocycles. The minimum atomic E-state index is -3.67. The molecule has 2 N–H and O–H groups in total. The smallest absolute Gasteiger partial charge is 0.266 e. The zero-order valence-electron chi connectivity index (χ0n) is 7.75. The van der Waals surface area contributed by atoms with Gasteiger partial charge in [0.15, 0.2) is 10.8 Å². The van der Waals surface area contributed by atoms with Crippen molar-refractivity contribution < 1.29 is 8.42 Å². The molecule has 0 aliphatic heterocycles. The first kappa shape index (κ1) is 11.0. The van der Waals surface area contributed by atoms with Crippen molar-refractivity contribution in [1.82, 2.24) is 20.2 Å². The quantitative estimate of drug-likeness (QED) is 0.872. The van der Waals surface area contributed by atoms with Gasteiger partial charge >= 0.3 is 0 Å². The van der Waals surface area contributed by atoms with Gasteiger partial charge in [-0.1, -0.05) is 0 Å². The Hall–Kier alpha value is -1.48. The first-order valence-corrected chi connectivity index (χ1v) is 6.35. The predicted molar refractivity (Wildman–Crippen MR) is 59.1 cm³/mol. The Morgan fingerprint density at radius 3 is 2.69 bits per heavy atom. The van der Waals surface area contributed by atoms with Gasteiger partial charge in [0.1, 0.15) is 4.60 Å². The van der Waals surface area contributed by atoms with Crippen molar-refractivity contribution in [3.05, 3.63) is 29.3 Å². The summed E-state index contributed by atoms with van der Waals surface area (Å²) in [6, 6.07) is 1.34. The molecule has 2 heterocycles. The Morgan fingerprint density at radius 1 is 1.31 bits per heavy atom. The van der Waals surface area contributed by atoms with Gasteiger partial charge in [0.05, 0.1) is 18.6 Å². The zero-order chi connectivity index (χ0) is 11.6. The molecule has 0 amide bonds. The van der Waals surface area contributed by atoms with Gasteiger partial charge in [0.2, 0.25) is 0 Å². The lowest BCUT2D eigenvalue weighted by atomic mass is 10.7. The molecule has 16 heavy (non-hydrogen) atoms. The van der Waals surface area contributed by atoms with E-state index in [0.717, 1.165) is 0 Å². The van der Waals surface area contributed by atoms with Crippen LogP contribution in [0.3, 0.4) is 0 Å². The summed E-state index contributed by atoms with van der Waals surface area (Å²) in [5.41, 5.74) is 0. The van der Waals surface area contributed by atoms with Crippen LogP contribution in [0.4, 0.5) is 5.82 Å². The molecular weight excluding hydrogens is 298 g/mol. The molecule has 2 aromatic rings. The van der Waals surface area contributed by atoms with E-state index in [1.165, 1.54) is 24.7 Å². The third-order valence-corrected chi connectivity index (χ3v) is 3.32. The number of sulfonamides is 1. The van der Waals surface area contributed by atoms with Gasteiger partial charge in [-0.05, 0) is 22.0 Å². The van der Waals surface area contributed by atoms with Crippen LogP contribution in [-0.4, -0.2) is 28.6 Å². The molecule has 7 nitrogen and oxygen atoms in total. The average molecular weight is 304 g/mol. The Bertz CT molecular complexity index is 565. The highest BCUT2D eigenvalue weighted by Crippen LogP contribution is 2.11. The Morgan fingerprint density at radius 2 is 2.12 bits per heavy atom. The van der Waals surface area contributed by atoms with Crippen LogP contribution in [0.5, 0.6) is 0 Å². The molecule has 84 valence electrons. The fourth-order valence-corrected chi connectivity index (χ4v) is 2.06. The lowest BCUT2D eigenvalue weighted by molar-refractivity contribution is 0.597. The molecule has 0 saturated carbocycles. The van der Waals surface area contributed by atoms with Crippen LogP contribution in [0.15, 0.2) is 34.3 Å². The number of aromatic amines is 1. The summed E-state index contributed by atoms with van der Waals surface area (Å²) in [6.07, 6.45) is 4.05. The number of nitrogens with zero attached hydrogens (tertiary/aromatic N) is 3. The van der Waals surface area contributed by atoms with Gasteiger partial charge in [-0.15, -0.1) is 0 Å². The molecular formula is C7H6BrN5O2S. The number of hydrogen-bond acceptors (Lipinski definition) is 5. The highest BCUT2D eigenvalue weighted by atomic mass is 79.9. The van der Waals surface area contributed by atoms with Crippen molar-refractivity contribution in [2.24, 2.45) is 0 Å². The summed E-state index contributed by atoms with van der Waals surface area (Å²) in [4.78, 5) is 7.69. The van der Waals surface area contributed by atoms with Crippen LogP contribution in [0.25, 0.3) is 0 Å². The maximum atomic E-state index is 11.7. The molecule has 2 rings (SSSR count). The van der Waals surface area contributed by atoms with E-state index in [0.29, 0.717) is 4.60 Å². The molecule has 9 heteroatoms. The summed E-state index contributed by atoms with van der Waals surface area (Å²) in [6.45, 7) is 0. The molecule has 0 fully saturated rings. The third kappa shape index (κ3) is 2.36. The Balaban J connectivity index is 2.25. The van der Waals surface area contributed by atoms with E-state index >= 15 is 0 Å². The van der Waals surface area contributed by atoms with Crippen LogP contribution in [0, 0.1) is 0 Å². The first-order chi connectivity index (χ1) is 7.58. The van der Waals surface area contributed by atoms with E-state index in [1.54, 1.807) is 0 Å². The van der Waals surface area contributed by atoms with Crippen molar-refractivity contribution in [2.75, 3.05) is 4.72 Å². The minimum Gasteiger partial charge on any atom is -0.266 e. The Labute approximate surface area is 99.5 Å². The highest BCUT2D eigenvalue weighted by molar-refractivity contribution is 9.10. The minimum absolute atomic E-state index is 0.0304. The van der Waals surface area contributed by atoms with E-state index in [1.807, 2.05) is 0 Å². The van der Waals surface area contributed by atoms with Crippen LogP contribution >= 0.6 is 15.9 Å². The van der Waals surface area contributed by atoms with Crippen molar-refractivity contribution in [3.63, 3.8) is 0 Å². The third-order valence-electron chi connectivity index (χ3n) is 1.62. The number of anilines is 1. The zero-order valence-corrected chi connectivity index (χ0v) is 10.2. The molecule has 0 atom stereocenters. The first-order valence-electron chi connectivity index (χ1n) is 4.08. The molecule has 0 bridgehead atoms. The number of H-pyrrole nitrogens is 1. The summed E-state index contributed by atoms with van der Waals surface area (Å²) in [5.74, 6) is 0.137. The molecule has 0 aliphatic carbocycles. The van der Waals surface area contributed by atoms with Gasteiger partial charge in [-0.2, -0.15) is 13.5 Å². The standard InChI is InChI=1S/C7H6BrN5O2S/c8-5-3-10-6(4-9-5)13-16(14,15)7-1-2-11-12-7/h1-4H,(H,10,13)(H,11,12). The van der Waals surface area contributed by atoms with Crippen molar-refractivity contribution >= 4 is 31.8 Å². The SMILES string of the molecule is O=S(=O)(Nc1cnc(Br)cn1)c1ccn[nH]1. The molecule has 0 aliphatic rings. The lowest BCUT2D eigenvalue weighted by Gasteiger charge is -2.03. The maximum absolute atomic E-state index is 11.7. The molecule has 0 saturated heterocycles. The van der Waals surface area contributed by atoms with E-state index in [-0.39, 0.29) is 10.8 Å². The van der Waals surface area contributed by atoms with Crippen molar-refractivity contribution in [3.8, 4) is 0 Å². The number of halogens is 1. The largest absolute Gasteiger partial charge is 0.280 e. The highest BCUT2D eigenvalue weighted by Gasteiger charge is 2.15. The van der Waals surface area contributed by atoms with Crippen molar-refractivity contribution in [2.45, 2.75) is 5.03 Å². The number of rotatable bonds is 3. The maximum Gasteiger partial charge on any atom is 0.280 e. The summed E-state index contributed by atoms with van der Waals surface area (Å²) < 4.78 is 26.2. The number of hydrogen-bond donors (Lipinski definition) is 2. The van der Waals surface area contributed by atoms with E-state index in [2.05, 4.69) is 40.8 Å². The van der Waals surface area contributed by atoms with Crippen molar-refractivity contribution in [1.29, 1.82) is 0 Å². The van der Waals surface area contributed by atoms with Crippen LogP contribution < -0.4 is 4.72 Å². The van der Waals surface area contributed by atoms with Gasteiger partial charge < -0.3 is 0 Å². The normalized spacial score (nSPS) is 11.3. The Kier molecular flexibility index (Phi) is 2.88. The van der Waals surface area contributed by atoms with E-state index in [9.17, 15) is 8.42 Å². The monoisotopic (exact) mass is 303 g/mol. The van der Waals surface area contributed by atoms with Crippen LogP contribution in [0.1, 0.15) is 0 Å². The van der Waals surface area contributed by atoms with E-state index in [4.69, 9.17) is 0 Å². The molecule has 0 spiro atoms. The summed E-state index contributed by atoms with van der Waals surface area (Å²) in [7, 11) is -3.67. The van der Waals surface area contributed by atoms with E-state index < -0.39 is 10.0 Å². The predicted octanol–water partition coefficient (Wildman–Crippen LogP) is 0.763. The lowest BCUT2D eigenvalue weighted by Crippen LogP contribution is -2.14. The summed E-state index contributed by atoms with van der Waals surface area (Å²) >= 11 is 3.10. The second-order valence-corrected chi connectivity index (χ2v) is 5.21. The fraction of sp³-hybridized carbons (Fsp3) is 0. The second-order valence-electron chi connectivity index (χ2n) is 2.75. The number of nitrogens with one attached hydrogen (secondary N) is 2. The van der Waals surface area contributed by atoms with Gasteiger partial charge in [0.25, 0.3) is 10.0 Å². The molecule has 2 aromatic heterocycles. The number of aromatic nitrogens is 4. The van der Waals surface area contributed by atoms with Crippen LogP contribution in [0.2, 0.25) is 0 Å². The average Bonchev–Trinajstić information content (AvgIpc) is 2.75. The van der Waals surface area contributed by atoms with Gasteiger partial charge in [0, 0.05) is 0 Å². The van der Waals surface area contributed by atoms with Gasteiger partial charge in [-0.3, -0.25) is 9.82 Å². The fourth-order valence-electron chi connectivity index (χ4n) is 0.950.